The van der Waals surface area contributed by atoms with E-state index in [9.17, 15) is 9.50 Å². The maximum Gasteiger partial charge on any atom is 0.173 e. The van der Waals surface area contributed by atoms with Gasteiger partial charge in [0.05, 0.1) is 17.2 Å². The molecule has 3 nitrogen and oxygen atoms in total. The molecular formula is C17H13ClFNO2. The molecule has 0 fully saturated rings. The van der Waals surface area contributed by atoms with Gasteiger partial charge in [-0.15, -0.1) is 0 Å². The number of aromatic nitrogens is 1. The van der Waals surface area contributed by atoms with E-state index in [4.69, 9.17) is 16.1 Å². The molecule has 0 saturated carbocycles. The summed E-state index contributed by atoms with van der Waals surface area (Å²) in [7, 11) is 0. The minimum atomic E-state index is -0.428. The number of halogens is 2. The van der Waals surface area contributed by atoms with E-state index in [0.717, 1.165) is 11.1 Å². The monoisotopic (exact) mass is 317 g/mol. The molecule has 0 saturated heterocycles. The summed E-state index contributed by atoms with van der Waals surface area (Å²) in [5.74, 6) is 0.0287. The Balaban J connectivity index is 2.15. The first-order valence-electron chi connectivity index (χ1n) is 6.72. The van der Waals surface area contributed by atoms with Crippen molar-refractivity contribution in [3.63, 3.8) is 0 Å². The highest BCUT2D eigenvalue weighted by Crippen LogP contribution is 2.35. The molecule has 0 unspecified atom stereocenters. The van der Waals surface area contributed by atoms with Gasteiger partial charge < -0.3 is 9.63 Å². The Morgan fingerprint density at radius 2 is 1.91 bits per heavy atom. The lowest BCUT2D eigenvalue weighted by Gasteiger charge is -2.04. The highest BCUT2D eigenvalue weighted by molar-refractivity contribution is 6.33. The van der Waals surface area contributed by atoms with E-state index in [2.05, 4.69) is 5.16 Å². The molecule has 22 heavy (non-hydrogen) atoms. The number of aryl methyl sites for hydroxylation is 1. The van der Waals surface area contributed by atoms with Crippen LogP contribution in [0, 0.1) is 12.7 Å². The molecule has 1 aromatic heterocycles. The zero-order chi connectivity index (χ0) is 15.7. The Morgan fingerprint density at radius 3 is 2.59 bits per heavy atom. The van der Waals surface area contributed by atoms with Crippen LogP contribution in [-0.4, -0.2) is 10.3 Å². The van der Waals surface area contributed by atoms with Crippen molar-refractivity contribution in [2.24, 2.45) is 0 Å². The smallest absolute Gasteiger partial charge is 0.173 e. The van der Waals surface area contributed by atoms with Crippen LogP contribution in [0.5, 0.6) is 0 Å². The number of hydrogen-bond acceptors (Lipinski definition) is 3. The Labute approximate surface area is 132 Å². The summed E-state index contributed by atoms with van der Waals surface area (Å²) in [4.78, 5) is 0. The quantitative estimate of drug-likeness (QED) is 0.767. The molecule has 3 aromatic rings. The maximum absolute atomic E-state index is 13.5. The third kappa shape index (κ3) is 2.63. The van der Waals surface area contributed by atoms with Crippen molar-refractivity contribution >= 4 is 11.6 Å². The van der Waals surface area contributed by atoms with Gasteiger partial charge in [0.15, 0.2) is 5.76 Å². The molecule has 3 rings (SSSR count). The number of rotatable bonds is 3. The first-order chi connectivity index (χ1) is 10.6. The average molecular weight is 318 g/mol. The van der Waals surface area contributed by atoms with E-state index < -0.39 is 5.82 Å². The largest absolute Gasteiger partial charge is 0.391 e. The lowest BCUT2D eigenvalue weighted by atomic mass is 10.0. The molecule has 0 spiro atoms. The minimum Gasteiger partial charge on any atom is -0.391 e. The summed E-state index contributed by atoms with van der Waals surface area (Å²) in [6.45, 7) is 1.70. The molecule has 0 aliphatic carbocycles. The van der Waals surface area contributed by atoms with Crippen molar-refractivity contribution < 1.29 is 14.0 Å². The predicted molar refractivity (Wildman–Crippen MR) is 83.0 cm³/mol. The van der Waals surface area contributed by atoms with Crippen LogP contribution >= 0.6 is 11.6 Å². The molecule has 0 radical (unpaired) electrons. The summed E-state index contributed by atoms with van der Waals surface area (Å²) in [6.07, 6.45) is 0. The van der Waals surface area contributed by atoms with Crippen molar-refractivity contribution in [1.82, 2.24) is 5.16 Å². The van der Waals surface area contributed by atoms with Crippen molar-refractivity contribution in [1.29, 1.82) is 0 Å². The number of hydrogen-bond donors (Lipinski definition) is 1. The summed E-state index contributed by atoms with van der Waals surface area (Å²) in [5.41, 5.74) is 3.13. The standard InChI is InChI=1S/C17H13ClFNO2/c1-10-2-4-11(5-3-10)17-14(9-21)16(20-22-17)13-8-12(19)6-7-15(13)18/h2-8,21H,9H2,1H3. The molecular weight excluding hydrogens is 305 g/mol. The van der Waals surface area contributed by atoms with Gasteiger partial charge in [-0.2, -0.15) is 0 Å². The second kappa shape index (κ2) is 5.91. The SMILES string of the molecule is Cc1ccc(-c2onc(-c3cc(F)ccc3Cl)c2CO)cc1. The third-order valence-electron chi connectivity index (χ3n) is 3.44. The zero-order valence-corrected chi connectivity index (χ0v) is 12.6. The molecule has 1 N–H and O–H groups in total. The Kier molecular flexibility index (Phi) is 3.96. The average Bonchev–Trinajstić information content (AvgIpc) is 2.94. The molecule has 0 amide bonds. The normalized spacial score (nSPS) is 10.9. The fourth-order valence-electron chi connectivity index (χ4n) is 2.28. The lowest BCUT2D eigenvalue weighted by Crippen LogP contribution is -1.91. The van der Waals surface area contributed by atoms with Crippen molar-refractivity contribution in [2.75, 3.05) is 0 Å². The van der Waals surface area contributed by atoms with Gasteiger partial charge in [0, 0.05) is 11.1 Å². The van der Waals surface area contributed by atoms with Crippen LogP contribution in [-0.2, 0) is 6.61 Å². The van der Waals surface area contributed by atoms with Gasteiger partial charge in [0.1, 0.15) is 11.5 Å². The van der Waals surface area contributed by atoms with Gasteiger partial charge in [-0.1, -0.05) is 46.6 Å². The summed E-state index contributed by atoms with van der Waals surface area (Å²) in [6, 6.07) is 11.6. The summed E-state index contributed by atoms with van der Waals surface area (Å²) >= 11 is 6.11. The first-order valence-corrected chi connectivity index (χ1v) is 7.10. The lowest BCUT2D eigenvalue weighted by molar-refractivity contribution is 0.281. The van der Waals surface area contributed by atoms with Crippen molar-refractivity contribution in [3.8, 4) is 22.6 Å². The fraction of sp³-hybridized carbons (Fsp3) is 0.118. The number of nitrogens with zero attached hydrogens (tertiary/aromatic N) is 1. The van der Waals surface area contributed by atoms with Gasteiger partial charge >= 0.3 is 0 Å². The molecule has 0 aliphatic rings. The summed E-state index contributed by atoms with van der Waals surface area (Å²) < 4.78 is 18.8. The zero-order valence-electron chi connectivity index (χ0n) is 11.8. The van der Waals surface area contributed by atoms with Crippen LogP contribution in [0.3, 0.4) is 0 Å². The van der Waals surface area contributed by atoms with Crippen LogP contribution in [0.1, 0.15) is 11.1 Å². The van der Waals surface area contributed by atoms with Gasteiger partial charge in [-0.3, -0.25) is 0 Å². The van der Waals surface area contributed by atoms with Crippen molar-refractivity contribution in [3.05, 3.63) is 64.4 Å². The molecule has 2 aromatic carbocycles. The highest BCUT2D eigenvalue weighted by atomic mass is 35.5. The van der Waals surface area contributed by atoms with E-state index in [1.54, 1.807) is 0 Å². The Morgan fingerprint density at radius 1 is 1.18 bits per heavy atom. The van der Waals surface area contributed by atoms with E-state index in [1.807, 2.05) is 31.2 Å². The van der Waals surface area contributed by atoms with E-state index in [-0.39, 0.29) is 6.61 Å². The number of benzene rings is 2. The van der Waals surface area contributed by atoms with Crippen LogP contribution in [0.25, 0.3) is 22.6 Å². The maximum atomic E-state index is 13.5. The first kappa shape index (κ1) is 14.8. The van der Waals surface area contributed by atoms with Gasteiger partial charge in [-0.05, 0) is 25.1 Å². The minimum absolute atomic E-state index is 0.283. The van der Waals surface area contributed by atoms with Crippen LogP contribution < -0.4 is 0 Å². The molecule has 5 heteroatoms. The summed E-state index contributed by atoms with van der Waals surface area (Å²) in [5, 5.41) is 14.0. The number of aliphatic hydroxyl groups is 1. The van der Waals surface area contributed by atoms with Crippen LogP contribution in [0.4, 0.5) is 4.39 Å². The number of aliphatic hydroxyl groups excluding tert-OH is 1. The molecule has 1 heterocycles. The van der Waals surface area contributed by atoms with Gasteiger partial charge in [0.25, 0.3) is 0 Å². The van der Waals surface area contributed by atoms with Crippen LogP contribution in [0.15, 0.2) is 47.0 Å². The van der Waals surface area contributed by atoms with Crippen molar-refractivity contribution in [2.45, 2.75) is 13.5 Å². The second-order valence-electron chi connectivity index (χ2n) is 4.99. The third-order valence-corrected chi connectivity index (χ3v) is 3.77. The fourth-order valence-corrected chi connectivity index (χ4v) is 2.49. The molecule has 0 aliphatic heterocycles. The molecule has 0 bridgehead atoms. The van der Waals surface area contributed by atoms with E-state index in [0.29, 0.717) is 27.6 Å². The second-order valence-corrected chi connectivity index (χ2v) is 5.39. The van der Waals surface area contributed by atoms with Gasteiger partial charge in [-0.25, -0.2) is 4.39 Å². The van der Waals surface area contributed by atoms with E-state index >= 15 is 0 Å². The highest BCUT2D eigenvalue weighted by Gasteiger charge is 2.20. The Bertz CT molecular complexity index is 812. The molecule has 112 valence electrons. The van der Waals surface area contributed by atoms with Crippen LogP contribution in [0.2, 0.25) is 5.02 Å². The Hall–Kier alpha value is -2.17. The van der Waals surface area contributed by atoms with Gasteiger partial charge in [0.2, 0.25) is 0 Å². The molecule has 0 atom stereocenters. The topological polar surface area (TPSA) is 46.3 Å². The predicted octanol–water partition coefficient (Wildman–Crippen LogP) is 4.60. The van der Waals surface area contributed by atoms with E-state index in [1.165, 1.54) is 18.2 Å².